The highest BCUT2D eigenvalue weighted by Crippen LogP contribution is 2.60. The maximum absolute atomic E-state index is 14.7. The molecule has 3 aliphatic rings. The lowest BCUT2D eigenvalue weighted by molar-refractivity contribution is -0.146. The first kappa shape index (κ1) is 33.0. The number of piperidine rings is 1. The number of carbonyl (C=O) groups is 2. The van der Waals surface area contributed by atoms with Crippen molar-refractivity contribution in [2.24, 2.45) is 11.8 Å². The summed E-state index contributed by atoms with van der Waals surface area (Å²) in [6, 6.07) is 13.5. The van der Waals surface area contributed by atoms with Gasteiger partial charge in [-0.05, 0) is 74.8 Å². The molecule has 0 bridgehead atoms. The summed E-state index contributed by atoms with van der Waals surface area (Å²) in [5.41, 5.74) is 2.42. The van der Waals surface area contributed by atoms with Gasteiger partial charge in [0, 0.05) is 59.5 Å². The van der Waals surface area contributed by atoms with Crippen molar-refractivity contribution in [3.05, 3.63) is 70.0 Å². The summed E-state index contributed by atoms with van der Waals surface area (Å²) < 4.78 is 9.52. The number of fused-ring (bicyclic) bond motifs is 2. The van der Waals surface area contributed by atoms with E-state index < -0.39 is 13.9 Å². The van der Waals surface area contributed by atoms with E-state index in [9.17, 15) is 19.5 Å². The molecule has 0 aliphatic carbocycles. The van der Waals surface area contributed by atoms with Crippen LogP contribution in [-0.4, -0.2) is 70.8 Å². The van der Waals surface area contributed by atoms with E-state index in [4.69, 9.17) is 4.74 Å². The molecule has 13 heteroatoms. The molecule has 246 valence electrons. The standard InChI is InChI=1S/C33H43BrN6O5Si/c1-21-30(46(2,3)44)29(11-14-39-20-26(12-15-41)37-38-39)45-33(21)27-17-24(34)9-10-28(27)40(32(33)43)19-22-6-4-8-25(16-22)36-31(42)23-7-5-13-35-18-23/h4,6,8-10,16-17,20-21,23,29-30,35,41,44H,5,7,11-15,18-19H2,1-3H3,(H,36,42)/t21-,23?,29+,30-,33+/m1/s1. The zero-order valence-electron chi connectivity index (χ0n) is 26.6. The number of aliphatic hydroxyl groups excluding tert-OH is 1. The minimum atomic E-state index is -2.82. The van der Waals surface area contributed by atoms with Gasteiger partial charge < -0.3 is 30.2 Å². The molecule has 3 aromatic rings. The molecule has 2 aromatic carbocycles. The fourth-order valence-electron chi connectivity index (χ4n) is 7.66. The Kier molecular flexibility index (Phi) is 9.52. The molecule has 2 amide bonds. The van der Waals surface area contributed by atoms with Gasteiger partial charge in [0.15, 0.2) is 13.9 Å². The summed E-state index contributed by atoms with van der Waals surface area (Å²) in [5, 5.41) is 24.0. The average molecular weight is 712 g/mol. The largest absolute Gasteiger partial charge is 0.432 e. The number of nitrogens with one attached hydrogen (secondary N) is 2. The Balaban J connectivity index is 1.27. The van der Waals surface area contributed by atoms with Crippen LogP contribution >= 0.6 is 15.9 Å². The van der Waals surface area contributed by atoms with Crippen LogP contribution in [0.4, 0.5) is 11.4 Å². The van der Waals surface area contributed by atoms with Crippen molar-refractivity contribution in [2.45, 2.75) is 76.0 Å². The van der Waals surface area contributed by atoms with Crippen molar-refractivity contribution < 1.29 is 24.2 Å². The molecule has 0 saturated carbocycles. The highest BCUT2D eigenvalue weighted by atomic mass is 79.9. The lowest BCUT2D eigenvalue weighted by atomic mass is 9.82. The van der Waals surface area contributed by atoms with Gasteiger partial charge in [-0.2, -0.15) is 0 Å². The normalized spacial score (nSPS) is 26.1. The van der Waals surface area contributed by atoms with E-state index >= 15 is 0 Å². The van der Waals surface area contributed by atoms with Crippen LogP contribution in [0.5, 0.6) is 0 Å². The number of halogens is 1. The van der Waals surface area contributed by atoms with Gasteiger partial charge in [-0.25, -0.2) is 0 Å². The van der Waals surface area contributed by atoms with Crippen molar-refractivity contribution in [1.82, 2.24) is 20.3 Å². The monoisotopic (exact) mass is 710 g/mol. The van der Waals surface area contributed by atoms with Crippen LogP contribution in [0, 0.1) is 11.8 Å². The van der Waals surface area contributed by atoms with Crippen LogP contribution < -0.4 is 15.5 Å². The first-order valence-electron chi connectivity index (χ1n) is 16.1. The van der Waals surface area contributed by atoms with Crippen LogP contribution in [0.1, 0.15) is 43.0 Å². The number of aliphatic hydroxyl groups is 1. The number of rotatable bonds is 10. The lowest BCUT2D eigenvalue weighted by Gasteiger charge is -2.32. The zero-order valence-corrected chi connectivity index (χ0v) is 29.2. The number of hydrogen-bond donors (Lipinski definition) is 4. The number of carbonyl (C=O) groups excluding carboxylic acids is 2. The first-order chi connectivity index (χ1) is 22.0. The van der Waals surface area contributed by atoms with Crippen LogP contribution in [0.2, 0.25) is 18.6 Å². The van der Waals surface area contributed by atoms with Gasteiger partial charge in [-0.3, -0.25) is 14.3 Å². The average Bonchev–Trinajstić information content (AvgIpc) is 3.67. The molecule has 2 saturated heterocycles. The van der Waals surface area contributed by atoms with Gasteiger partial charge in [-0.15, -0.1) is 5.10 Å². The van der Waals surface area contributed by atoms with Gasteiger partial charge >= 0.3 is 0 Å². The molecule has 4 heterocycles. The fourth-order valence-corrected chi connectivity index (χ4v) is 10.6. The molecular weight excluding hydrogens is 668 g/mol. The summed E-state index contributed by atoms with van der Waals surface area (Å²) in [6.07, 6.45) is 4.27. The number of aryl methyl sites for hydroxylation is 1. The van der Waals surface area contributed by atoms with E-state index in [2.05, 4.69) is 36.9 Å². The number of anilines is 2. The maximum atomic E-state index is 14.7. The smallest absolute Gasteiger partial charge is 0.264 e. The SMILES string of the molecule is C[C@@H]1[C@@H]([Si](C)(C)O)[C@H](CCn2cc(CCO)nn2)O[C@@]12C(=O)N(Cc1cccc(NC(=O)C3CCCNC3)c1)c1ccc(Br)cc12. The Morgan fingerprint density at radius 2 is 2.09 bits per heavy atom. The van der Waals surface area contributed by atoms with Gasteiger partial charge in [-0.1, -0.05) is 40.2 Å². The molecule has 46 heavy (non-hydrogen) atoms. The molecule has 2 fully saturated rings. The molecule has 1 spiro atoms. The second-order valence-corrected chi connectivity index (χ2v) is 18.3. The van der Waals surface area contributed by atoms with Gasteiger partial charge in [0.1, 0.15) is 0 Å². The van der Waals surface area contributed by atoms with Crippen molar-refractivity contribution in [2.75, 3.05) is 29.9 Å². The molecule has 1 unspecified atom stereocenters. The number of aromatic nitrogens is 3. The van der Waals surface area contributed by atoms with Gasteiger partial charge in [0.2, 0.25) is 5.91 Å². The summed E-state index contributed by atoms with van der Waals surface area (Å²) in [4.78, 5) is 41.0. The molecule has 4 N–H and O–H groups in total. The van der Waals surface area contributed by atoms with Crippen molar-refractivity contribution in [1.29, 1.82) is 0 Å². The fraction of sp³-hybridized carbons (Fsp3) is 0.515. The second-order valence-electron chi connectivity index (χ2n) is 13.4. The Hall–Kier alpha value is -2.94. The summed E-state index contributed by atoms with van der Waals surface area (Å²) in [7, 11) is -2.82. The Morgan fingerprint density at radius 1 is 1.26 bits per heavy atom. The van der Waals surface area contributed by atoms with Crippen molar-refractivity contribution in [3.63, 3.8) is 0 Å². The third kappa shape index (κ3) is 6.32. The number of hydrogen-bond acceptors (Lipinski definition) is 8. The number of benzene rings is 2. The summed E-state index contributed by atoms with van der Waals surface area (Å²) >= 11 is 3.63. The predicted molar refractivity (Wildman–Crippen MR) is 181 cm³/mol. The Labute approximate surface area is 279 Å². The first-order valence-corrected chi connectivity index (χ1v) is 20.0. The number of amides is 2. The zero-order chi connectivity index (χ0) is 32.6. The third-order valence-electron chi connectivity index (χ3n) is 9.75. The van der Waals surface area contributed by atoms with E-state index in [0.717, 1.165) is 40.7 Å². The summed E-state index contributed by atoms with van der Waals surface area (Å²) in [5.74, 6) is -0.485. The molecular formula is C33H43BrN6O5Si. The van der Waals surface area contributed by atoms with Crippen LogP contribution in [0.15, 0.2) is 53.1 Å². The van der Waals surface area contributed by atoms with Crippen LogP contribution in [0.3, 0.4) is 0 Å². The van der Waals surface area contributed by atoms with Crippen LogP contribution in [-0.2, 0) is 39.4 Å². The molecule has 11 nitrogen and oxygen atoms in total. The Morgan fingerprint density at radius 3 is 2.83 bits per heavy atom. The third-order valence-corrected chi connectivity index (χ3v) is 12.7. The highest BCUT2D eigenvalue weighted by Gasteiger charge is 2.66. The summed E-state index contributed by atoms with van der Waals surface area (Å²) in [6.45, 7) is 8.31. The van der Waals surface area contributed by atoms with Crippen molar-refractivity contribution in [3.8, 4) is 0 Å². The molecule has 6 rings (SSSR count). The highest BCUT2D eigenvalue weighted by molar-refractivity contribution is 9.10. The second kappa shape index (κ2) is 13.3. The predicted octanol–water partition coefficient (Wildman–Crippen LogP) is 3.95. The lowest BCUT2D eigenvalue weighted by Crippen LogP contribution is -2.46. The van der Waals surface area contributed by atoms with Crippen LogP contribution in [0.25, 0.3) is 0 Å². The molecule has 1 aromatic heterocycles. The number of nitrogens with zero attached hydrogens (tertiary/aromatic N) is 4. The van der Waals surface area contributed by atoms with E-state index in [0.29, 0.717) is 43.9 Å². The van der Waals surface area contributed by atoms with E-state index in [1.165, 1.54) is 0 Å². The molecule has 0 radical (unpaired) electrons. The minimum Gasteiger partial charge on any atom is -0.432 e. The van der Waals surface area contributed by atoms with E-state index in [-0.39, 0.29) is 41.9 Å². The molecule has 5 atom stereocenters. The Bertz CT molecular complexity index is 1590. The van der Waals surface area contributed by atoms with Gasteiger partial charge in [0.05, 0.1) is 29.9 Å². The van der Waals surface area contributed by atoms with Crippen molar-refractivity contribution >= 4 is 47.4 Å². The van der Waals surface area contributed by atoms with E-state index in [1.54, 1.807) is 9.58 Å². The minimum absolute atomic E-state index is 0.00152. The van der Waals surface area contributed by atoms with Gasteiger partial charge in [0.25, 0.3) is 5.91 Å². The molecule has 3 aliphatic heterocycles. The van der Waals surface area contributed by atoms with E-state index in [1.807, 2.05) is 68.7 Å². The maximum Gasteiger partial charge on any atom is 0.264 e. The number of ether oxygens (including phenoxy) is 1. The quantitative estimate of drug-likeness (QED) is 0.232. The topological polar surface area (TPSA) is 142 Å².